The molecule has 0 unspecified atom stereocenters. The molecule has 0 bridgehead atoms. The molecule has 0 atom stereocenters. The summed E-state index contributed by atoms with van der Waals surface area (Å²) in [6.07, 6.45) is 0. The number of aromatic nitrogens is 1. The van der Waals surface area contributed by atoms with Crippen molar-refractivity contribution in [1.82, 2.24) is 15.4 Å². The number of methoxy groups -OCH3 is 1. The highest BCUT2D eigenvalue weighted by Crippen LogP contribution is 2.31. The van der Waals surface area contributed by atoms with Gasteiger partial charge in [0.15, 0.2) is 0 Å². The van der Waals surface area contributed by atoms with Crippen molar-refractivity contribution in [3.63, 3.8) is 0 Å². The first kappa shape index (κ1) is 20.3. The lowest BCUT2D eigenvalue weighted by atomic mass is 10.1. The maximum atomic E-state index is 12.7. The van der Waals surface area contributed by atoms with Gasteiger partial charge in [0.1, 0.15) is 15.6 Å². The van der Waals surface area contributed by atoms with Crippen LogP contribution in [0.1, 0.15) is 26.5 Å². The van der Waals surface area contributed by atoms with E-state index in [9.17, 15) is 4.79 Å². The summed E-state index contributed by atoms with van der Waals surface area (Å²) in [5, 5.41) is 3.26. The van der Waals surface area contributed by atoms with Crippen LogP contribution in [0.15, 0.2) is 42.5 Å². The fourth-order valence-corrected chi connectivity index (χ4v) is 4.13. The van der Waals surface area contributed by atoms with Crippen LogP contribution in [0.5, 0.6) is 5.75 Å². The van der Waals surface area contributed by atoms with Gasteiger partial charge in [-0.05, 0) is 49.2 Å². The Kier molecular flexibility index (Phi) is 6.34. The third-order valence-corrected chi connectivity index (χ3v) is 5.72. The van der Waals surface area contributed by atoms with Crippen LogP contribution in [0.3, 0.4) is 0 Å². The van der Waals surface area contributed by atoms with E-state index in [2.05, 4.69) is 10.4 Å². The van der Waals surface area contributed by atoms with E-state index in [1.807, 2.05) is 63.4 Å². The molecule has 0 saturated heterocycles. The number of hydrazine groups is 1. The standard InChI is InChI=1S/C21H22ClN3O2S/c1-13-11-16(22)7-10-18(13)21-23-14(2)19(28-21)20(26)24-25(3)12-15-5-8-17(27-4)9-6-15/h5-11H,12H2,1-4H3,(H,24,26). The first-order chi connectivity index (χ1) is 13.4. The van der Waals surface area contributed by atoms with Crippen LogP contribution in [-0.2, 0) is 6.54 Å². The van der Waals surface area contributed by atoms with E-state index < -0.39 is 0 Å². The van der Waals surface area contributed by atoms with E-state index in [1.165, 1.54) is 11.3 Å². The highest BCUT2D eigenvalue weighted by Gasteiger charge is 2.18. The molecule has 0 saturated carbocycles. The second kappa shape index (κ2) is 8.73. The molecule has 28 heavy (non-hydrogen) atoms. The Morgan fingerprint density at radius 3 is 2.57 bits per heavy atom. The third-order valence-electron chi connectivity index (χ3n) is 4.29. The predicted octanol–water partition coefficient (Wildman–Crippen LogP) is 4.87. The van der Waals surface area contributed by atoms with E-state index in [4.69, 9.17) is 16.3 Å². The molecule has 5 nitrogen and oxygen atoms in total. The number of carbonyl (C=O) groups is 1. The predicted molar refractivity (Wildman–Crippen MR) is 114 cm³/mol. The van der Waals surface area contributed by atoms with E-state index in [0.717, 1.165) is 27.4 Å². The van der Waals surface area contributed by atoms with Gasteiger partial charge in [0, 0.05) is 24.2 Å². The number of nitrogens with zero attached hydrogens (tertiary/aromatic N) is 2. The van der Waals surface area contributed by atoms with Crippen LogP contribution in [0.2, 0.25) is 5.02 Å². The zero-order valence-corrected chi connectivity index (χ0v) is 17.8. The molecule has 1 heterocycles. The van der Waals surface area contributed by atoms with Crippen molar-refractivity contribution in [2.45, 2.75) is 20.4 Å². The Morgan fingerprint density at radius 1 is 1.21 bits per heavy atom. The zero-order chi connectivity index (χ0) is 20.3. The smallest absolute Gasteiger partial charge is 0.277 e. The van der Waals surface area contributed by atoms with Crippen molar-refractivity contribution in [3.05, 3.63) is 69.2 Å². The normalized spacial score (nSPS) is 10.9. The summed E-state index contributed by atoms with van der Waals surface area (Å²) in [4.78, 5) is 17.9. The molecule has 7 heteroatoms. The van der Waals surface area contributed by atoms with Crippen LogP contribution < -0.4 is 10.2 Å². The molecule has 0 aliphatic rings. The summed E-state index contributed by atoms with van der Waals surface area (Å²) in [7, 11) is 3.47. The van der Waals surface area contributed by atoms with Crippen molar-refractivity contribution < 1.29 is 9.53 Å². The van der Waals surface area contributed by atoms with E-state index in [-0.39, 0.29) is 5.91 Å². The lowest BCUT2D eigenvalue weighted by molar-refractivity contribution is 0.0823. The number of carbonyl (C=O) groups excluding carboxylic acids is 1. The van der Waals surface area contributed by atoms with Gasteiger partial charge < -0.3 is 4.74 Å². The second-order valence-corrected chi connectivity index (χ2v) is 7.97. The number of aryl methyl sites for hydroxylation is 2. The average molecular weight is 416 g/mol. The molecule has 1 N–H and O–H groups in total. The molecule has 3 aromatic rings. The minimum atomic E-state index is -0.163. The monoisotopic (exact) mass is 415 g/mol. The Hall–Kier alpha value is -2.41. The van der Waals surface area contributed by atoms with E-state index >= 15 is 0 Å². The fraction of sp³-hybridized carbons (Fsp3) is 0.238. The Morgan fingerprint density at radius 2 is 1.93 bits per heavy atom. The molecule has 0 aliphatic carbocycles. The number of benzene rings is 2. The molecule has 0 spiro atoms. The highest BCUT2D eigenvalue weighted by atomic mass is 35.5. The number of hydrogen-bond acceptors (Lipinski definition) is 5. The van der Waals surface area contributed by atoms with Gasteiger partial charge in [-0.2, -0.15) is 0 Å². The Labute approximate surface area is 173 Å². The number of hydrogen-bond donors (Lipinski definition) is 1. The van der Waals surface area contributed by atoms with Crippen molar-refractivity contribution in [3.8, 4) is 16.3 Å². The summed E-state index contributed by atoms with van der Waals surface area (Å²) in [6.45, 7) is 4.42. The summed E-state index contributed by atoms with van der Waals surface area (Å²) in [5.74, 6) is 0.643. The second-order valence-electron chi connectivity index (χ2n) is 6.54. The van der Waals surface area contributed by atoms with Gasteiger partial charge in [-0.3, -0.25) is 10.2 Å². The van der Waals surface area contributed by atoms with Crippen LogP contribution in [0.25, 0.3) is 10.6 Å². The zero-order valence-electron chi connectivity index (χ0n) is 16.2. The third kappa shape index (κ3) is 4.70. The first-order valence-electron chi connectivity index (χ1n) is 8.76. The maximum absolute atomic E-state index is 12.7. The molecular weight excluding hydrogens is 394 g/mol. The number of thiazole rings is 1. The van der Waals surface area contributed by atoms with Crippen molar-refractivity contribution in [2.24, 2.45) is 0 Å². The van der Waals surface area contributed by atoms with Crippen molar-refractivity contribution >= 4 is 28.8 Å². The average Bonchev–Trinajstić information content (AvgIpc) is 3.03. The summed E-state index contributed by atoms with van der Waals surface area (Å²) < 4.78 is 5.17. The maximum Gasteiger partial charge on any atom is 0.277 e. The minimum absolute atomic E-state index is 0.163. The molecule has 0 aliphatic heterocycles. The molecule has 0 radical (unpaired) electrons. The summed E-state index contributed by atoms with van der Waals surface area (Å²) in [6, 6.07) is 13.4. The van der Waals surface area contributed by atoms with Gasteiger partial charge in [-0.25, -0.2) is 9.99 Å². The topological polar surface area (TPSA) is 54.5 Å². The fourth-order valence-electron chi connectivity index (χ4n) is 2.86. The van der Waals surface area contributed by atoms with Gasteiger partial charge in [-0.1, -0.05) is 29.8 Å². The van der Waals surface area contributed by atoms with Crippen molar-refractivity contribution in [1.29, 1.82) is 0 Å². The van der Waals surface area contributed by atoms with E-state index in [1.54, 1.807) is 12.1 Å². The SMILES string of the molecule is COc1ccc(CN(C)NC(=O)c2sc(-c3ccc(Cl)cc3C)nc2C)cc1. The Bertz CT molecular complexity index is 986. The van der Waals surface area contributed by atoms with Crippen LogP contribution >= 0.6 is 22.9 Å². The highest BCUT2D eigenvalue weighted by molar-refractivity contribution is 7.17. The largest absolute Gasteiger partial charge is 0.497 e. The number of rotatable bonds is 6. The lowest BCUT2D eigenvalue weighted by Gasteiger charge is -2.18. The summed E-state index contributed by atoms with van der Waals surface area (Å²) >= 11 is 7.42. The molecule has 1 aromatic heterocycles. The molecular formula is C21H22ClN3O2S. The van der Waals surface area contributed by atoms with Gasteiger partial charge in [0.25, 0.3) is 5.91 Å². The Balaban J connectivity index is 1.70. The molecule has 146 valence electrons. The van der Waals surface area contributed by atoms with Crippen LogP contribution in [-0.4, -0.2) is 30.1 Å². The number of halogens is 1. The molecule has 3 rings (SSSR count). The first-order valence-corrected chi connectivity index (χ1v) is 9.96. The quantitative estimate of drug-likeness (QED) is 0.584. The van der Waals surface area contributed by atoms with Gasteiger partial charge in [-0.15, -0.1) is 11.3 Å². The lowest BCUT2D eigenvalue weighted by Crippen LogP contribution is -2.38. The van der Waals surface area contributed by atoms with Gasteiger partial charge in [0.05, 0.1) is 12.8 Å². The van der Waals surface area contributed by atoms with Crippen LogP contribution in [0, 0.1) is 13.8 Å². The summed E-state index contributed by atoms with van der Waals surface area (Å²) in [5.41, 5.74) is 6.72. The van der Waals surface area contributed by atoms with Crippen molar-refractivity contribution in [2.75, 3.05) is 14.2 Å². The molecule has 1 amide bonds. The van der Waals surface area contributed by atoms with Gasteiger partial charge in [0.2, 0.25) is 0 Å². The number of nitrogens with one attached hydrogen (secondary N) is 1. The van der Waals surface area contributed by atoms with E-state index in [0.29, 0.717) is 22.1 Å². The number of ether oxygens (including phenoxy) is 1. The molecule has 0 fully saturated rings. The number of amides is 1. The van der Waals surface area contributed by atoms with Crippen LogP contribution in [0.4, 0.5) is 0 Å². The van der Waals surface area contributed by atoms with Gasteiger partial charge >= 0.3 is 0 Å². The molecule has 2 aromatic carbocycles. The minimum Gasteiger partial charge on any atom is -0.497 e.